The van der Waals surface area contributed by atoms with E-state index in [9.17, 15) is 13.6 Å². The number of amides is 1. The number of ether oxygens (including phenoxy) is 2. The van der Waals surface area contributed by atoms with E-state index in [2.05, 4.69) is 14.2 Å². The average molecular weight is 453 g/mol. The highest BCUT2D eigenvalue weighted by Crippen LogP contribution is 2.44. The number of carbonyl (C=O) groups is 1. The number of hydrogen-bond donors (Lipinski definition) is 1. The Morgan fingerprint density at radius 3 is 2.68 bits per heavy atom. The van der Waals surface area contributed by atoms with Crippen molar-refractivity contribution in [1.29, 1.82) is 0 Å². The van der Waals surface area contributed by atoms with Crippen LogP contribution in [0.1, 0.15) is 44.1 Å². The fourth-order valence-electron chi connectivity index (χ4n) is 4.27. The maximum Gasteiger partial charge on any atom is 0.248 e. The minimum absolute atomic E-state index is 0.0804. The van der Waals surface area contributed by atoms with E-state index in [0.717, 1.165) is 10.9 Å². The van der Waals surface area contributed by atoms with Gasteiger partial charge < -0.3 is 15.2 Å². The number of nitrogens with zero attached hydrogens (tertiary/aromatic N) is 2. The molecular weight excluding hydrogens is 423 g/mol. The molecular formula is C22H30F2N3O3P. The van der Waals surface area contributed by atoms with Gasteiger partial charge in [0.05, 0.1) is 19.1 Å². The fourth-order valence-corrected chi connectivity index (χ4v) is 4.70. The van der Waals surface area contributed by atoms with E-state index in [0.29, 0.717) is 18.8 Å². The molecule has 31 heavy (non-hydrogen) atoms. The topological polar surface area (TPSA) is 77.2 Å². The lowest BCUT2D eigenvalue weighted by Gasteiger charge is -2.45. The van der Waals surface area contributed by atoms with Crippen molar-refractivity contribution in [2.24, 2.45) is 22.6 Å². The Bertz CT molecular complexity index is 869. The highest BCUT2D eigenvalue weighted by Gasteiger charge is 2.52. The van der Waals surface area contributed by atoms with E-state index < -0.39 is 11.5 Å². The van der Waals surface area contributed by atoms with Gasteiger partial charge in [-0.25, -0.2) is 13.8 Å². The van der Waals surface area contributed by atoms with E-state index in [1.54, 1.807) is 13.1 Å². The van der Waals surface area contributed by atoms with Gasteiger partial charge in [0.1, 0.15) is 11.3 Å². The van der Waals surface area contributed by atoms with Crippen LogP contribution in [-0.2, 0) is 15.1 Å². The number of benzene rings is 1. The summed E-state index contributed by atoms with van der Waals surface area (Å²) in [7, 11) is 4.28. The van der Waals surface area contributed by atoms with Crippen LogP contribution in [0.4, 0.5) is 8.78 Å². The van der Waals surface area contributed by atoms with E-state index in [1.807, 2.05) is 12.1 Å². The van der Waals surface area contributed by atoms with Crippen molar-refractivity contribution in [2.45, 2.75) is 50.0 Å². The van der Waals surface area contributed by atoms with Crippen molar-refractivity contribution in [3.8, 4) is 5.75 Å². The van der Waals surface area contributed by atoms with Gasteiger partial charge in [-0.05, 0) is 29.4 Å². The number of rotatable bonds is 4. The first-order valence-corrected chi connectivity index (χ1v) is 11.4. The second-order valence-electron chi connectivity index (χ2n) is 8.94. The Morgan fingerprint density at radius 1 is 1.32 bits per heavy atom. The quantitative estimate of drug-likeness (QED) is 0.712. The minimum atomic E-state index is -2.56. The first-order chi connectivity index (χ1) is 14.7. The van der Waals surface area contributed by atoms with Crippen molar-refractivity contribution < 1.29 is 23.0 Å². The van der Waals surface area contributed by atoms with Crippen LogP contribution in [0.15, 0.2) is 23.2 Å². The molecule has 2 N–H and O–H groups in total. The Labute approximate surface area is 183 Å². The van der Waals surface area contributed by atoms with Crippen LogP contribution in [-0.4, -0.2) is 49.6 Å². The summed E-state index contributed by atoms with van der Waals surface area (Å²) in [5.74, 6) is -2.44. The molecule has 0 spiro atoms. The third-order valence-corrected chi connectivity index (χ3v) is 6.74. The number of aliphatic imine (C=N–C) groups is 1. The van der Waals surface area contributed by atoms with Crippen molar-refractivity contribution in [3.63, 3.8) is 0 Å². The normalized spacial score (nSPS) is 29.2. The predicted octanol–water partition coefficient (Wildman–Crippen LogP) is 2.80. The van der Waals surface area contributed by atoms with Gasteiger partial charge in [-0.1, -0.05) is 25.3 Å². The molecule has 9 heteroatoms. The molecule has 0 aromatic heterocycles. The maximum atomic E-state index is 13.0. The van der Waals surface area contributed by atoms with Crippen molar-refractivity contribution >= 4 is 26.4 Å². The molecule has 5 rings (SSSR count). The molecule has 1 aromatic rings. The number of nitrogens with two attached hydrogens (primary N) is 1. The molecule has 2 heterocycles. The van der Waals surface area contributed by atoms with Crippen LogP contribution < -0.4 is 15.8 Å². The van der Waals surface area contributed by atoms with Gasteiger partial charge in [0.2, 0.25) is 11.8 Å². The fraction of sp³-hybridized carbons (Fsp3) is 0.636. The monoisotopic (exact) mass is 453 g/mol. The largest absolute Gasteiger partial charge is 0.493 e. The lowest BCUT2D eigenvalue weighted by molar-refractivity contribution is -0.140. The van der Waals surface area contributed by atoms with Crippen LogP contribution in [0.25, 0.3) is 0 Å². The molecule has 2 saturated carbocycles. The smallest absolute Gasteiger partial charge is 0.248 e. The molecule has 3 unspecified atom stereocenters. The lowest BCUT2D eigenvalue weighted by atomic mass is 9.74. The zero-order valence-electron chi connectivity index (χ0n) is 17.8. The third kappa shape index (κ3) is 4.70. The molecule has 1 aromatic carbocycles. The van der Waals surface area contributed by atoms with Gasteiger partial charge in [-0.2, -0.15) is 0 Å². The maximum absolute atomic E-state index is 13.0. The van der Waals surface area contributed by atoms with Crippen LogP contribution in [0, 0.1) is 11.8 Å². The molecule has 2 aliphatic carbocycles. The van der Waals surface area contributed by atoms with Crippen molar-refractivity contribution in [3.05, 3.63) is 23.8 Å². The molecule has 1 saturated heterocycles. The molecule has 3 fully saturated rings. The second kappa shape index (κ2) is 8.62. The standard InChI is InChI=1S/C19H24F2N3O3P.C3H6/c1-24-16(25)13-4-5-26-10-19(13,23-17(24)22)14-6-12(2-3-15(14)28)27-9-11-7-18(20,21)8-11;1-2-3-1/h2-3,6,11,13H,4-5,7-10,28H2,1H3,(H2,22,23);1-3H2. The first-order valence-electron chi connectivity index (χ1n) is 10.8. The number of alkyl halides is 2. The first kappa shape index (κ1) is 22.4. The second-order valence-corrected chi connectivity index (χ2v) is 9.56. The molecule has 1 amide bonds. The summed E-state index contributed by atoms with van der Waals surface area (Å²) < 4.78 is 37.5. The predicted molar refractivity (Wildman–Crippen MR) is 118 cm³/mol. The summed E-state index contributed by atoms with van der Waals surface area (Å²) in [5.41, 5.74) is 5.91. The van der Waals surface area contributed by atoms with E-state index in [1.165, 1.54) is 24.2 Å². The zero-order chi connectivity index (χ0) is 22.2. The van der Waals surface area contributed by atoms with Gasteiger partial charge in [0.15, 0.2) is 5.96 Å². The highest BCUT2D eigenvalue weighted by atomic mass is 31.0. The zero-order valence-corrected chi connectivity index (χ0v) is 18.9. The van der Waals surface area contributed by atoms with Crippen LogP contribution >= 0.6 is 9.24 Å². The summed E-state index contributed by atoms with van der Waals surface area (Å²) in [6, 6.07) is 5.48. The summed E-state index contributed by atoms with van der Waals surface area (Å²) in [5, 5.41) is 0.868. The number of halogens is 2. The van der Waals surface area contributed by atoms with Crippen LogP contribution in [0.3, 0.4) is 0 Å². The van der Waals surface area contributed by atoms with E-state index >= 15 is 0 Å². The van der Waals surface area contributed by atoms with Crippen LogP contribution in [0.2, 0.25) is 0 Å². The van der Waals surface area contributed by atoms with E-state index in [4.69, 9.17) is 15.2 Å². The number of guanidine groups is 1. The average Bonchev–Trinajstić information content (AvgIpc) is 3.59. The molecule has 0 radical (unpaired) electrons. The van der Waals surface area contributed by atoms with Crippen molar-refractivity contribution in [2.75, 3.05) is 26.9 Å². The minimum Gasteiger partial charge on any atom is -0.493 e. The molecule has 0 bridgehead atoms. The lowest BCUT2D eigenvalue weighted by Crippen LogP contribution is -2.59. The molecule has 170 valence electrons. The number of carbonyl (C=O) groups excluding carboxylic acids is 1. The molecule has 3 atom stereocenters. The van der Waals surface area contributed by atoms with Gasteiger partial charge in [-0.15, -0.1) is 9.24 Å². The Hall–Kier alpha value is -1.79. The molecule has 2 aliphatic heterocycles. The summed E-state index contributed by atoms with van der Waals surface area (Å²) in [4.78, 5) is 18.9. The Kier molecular flexibility index (Phi) is 6.23. The van der Waals surface area contributed by atoms with E-state index in [-0.39, 0.29) is 49.8 Å². The summed E-state index contributed by atoms with van der Waals surface area (Å²) >= 11 is 0. The molecule has 4 aliphatic rings. The third-order valence-electron chi connectivity index (χ3n) is 6.24. The van der Waals surface area contributed by atoms with Gasteiger partial charge in [0.25, 0.3) is 0 Å². The van der Waals surface area contributed by atoms with Gasteiger partial charge >= 0.3 is 0 Å². The number of fused-ring (bicyclic) bond motifs is 1. The van der Waals surface area contributed by atoms with Crippen LogP contribution in [0.5, 0.6) is 5.75 Å². The Morgan fingerprint density at radius 2 is 2.03 bits per heavy atom. The Balaban J connectivity index is 0.000000710. The molecule has 6 nitrogen and oxygen atoms in total. The highest BCUT2D eigenvalue weighted by molar-refractivity contribution is 7.27. The summed E-state index contributed by atoms with van der Waals surface area (Å²) in [6.45, 7) is 0.975. The number of hydrogen-bond acceptors (Lipinski definition) is 5. The van der Waals surface area contributed by atoms with Gasteiger partial charge in [-0.3, -0.25) is 9.69 Å². The summed E-state index contributed by atoms with van der Waals surface area (Å²) in [6.07, 6.45) is 4.78. The van der Waals surface area contributed by atoms with Gasteiger partial charge in [0, 0.05) is 32.4 Å². The van der Waals surface area contributed by atoms with Crippen molar-refractivity contribution in [1.82, 2.24) is 4.90 Å². The SMILES string of the molecule is C1CC1.CN1C(=O)C2CCOCC2(c2cc(OCC3CC(F)(F)C3)ccc2P)N=C1N.